The van der Waals surface area contributed by atoms with E-state index in [-0.39, 0.29) is 5.75 Å². The van der Waals surface area contributed by atoms with Gasteiger partial charge in [0.05, 0.1) is 0 Å². The summed E-state index contributed by atoms with van der Waals surface area (Å²) in [5.41, 5.74) is 1.68. The van der Waals surface area contributed by atoms with Gasteiger partial charge < -0.3 is 10.1 Å². The number of halogens is 3. The highest BCUT2D eigenvalue weighted by atomic mass is 32.1. The zero-order chi connectivity index (χ0) is 16.2. The fourth-order valence-electron chi connectivity index (χ4n) is 1.53. The summed E-state index contributed by atoms with van der Waals surface area (Å²) in [4.78, 5) is 4.19. The molecule has 0 fully saturated rings. The molecule has 1 aromatic heterocycles. The maximum Gasteiger partial charge on any atom is 0.573 e. The van der Waals surface area contributed by atoms with E-state index in [2.05, 4.69) is 15.0 Å². The average molecular weight is 325 g/mol. The number of thiazole rings is 1. The lowest BCUT2D eigenvalue weighted by Gasteiger charge is -2.09. The molecule has 0 aliphatic heterocycles. The van der Waals surface area contributed by atoms with Gasteiger partial charge in [0.2, 0.25) is 0 Å². The first-order chi connectivity index (χ1) is 10.4. The normalized spacial score (nSPS) is 11.9. The van der Waals surface area contributed by atoms with Gasteiger partial charge in [-0.15, -0.1) is 24.5 Å². The van der Waals surface area contributed by atoms with Crippen LogP contribution in [0.5, 0.6) is 5.75 Å². The van der Waals surface area contributed by atoms with Gasteiger partial charge in [-0.05, 0) is 31.2 Å². The van der Waals surface area contributed by atoms with Gasteiger partial charge in [0.25, 0.3) is 0 Å². The smallest absolute Gasteiger partial charge is 0.406 e. The summed E-state index contributed by atoms with van der Waals surface area (Å²) in [5.74, 6) is -0.307. The van der Waals surface area contributed by atoms with E-state index >= 15 is 0 Å². The molecule has 0 amide bonds. The Bertz CT molecular complexity index is 714. The molecular formula is C14H10F3N3OS. The predicted molar refractivity (Wildman–Crippen MR) is 77.2 cm³/mol. The summed E-state index contributed by atoms with van der Waals surface area (Å²) in [6.07, 6.45) is -3.26. The Hall–Kier alpha value is -2.53. The van der Waals surface area contributed by atoms with Crippen molar-refractivity contribution in [2.75, 3.05) is 5.32 Å². The number of allylic oxidation sites excluding steroid dienone is 1. The minimum atomic E-state index is -4.72. The van der Waals surface area contributed by atoms with Crippen LogP contribution in [0.4, 0.5) is 18.9 Å². The number of hydrogen-bond acceptors (Lipinski definition) is 5. The number of aryl methyl sites for hydroxylation is 1. The molecular weight excluding hydrogens is 315 g/mol. The first kappa shape index (κ1) is 15.9. The number of alkyl halides is 3. The van der Waals surface area contributed by atoms with Crippen molar-refractivity contribution in [2.45, 2.75) is 13.3 Å². The van der Waals surface area contributed by atoms with Crippen LogP contribution < -0.4 is 10.1 Å². The molecule has 0 bridgehead atoms. The van der Waals surface area contributed by atoms with Gasteiger partial charge in [-0.25, -0.2) is 4.98 Å². The van der Waals surface area contributed by atoms with Crippen LogP contribution >= 0.6 is 11.3 Å². The largest absolute Gasteiger partial charge is 0.573 e. The molecule has 22 heavy (non-hydrogen) atoms. The average Bonchev–Trinajstić information content (AvgIpc) is 2.86. The number of ether oxygens (including phenoxy) is 1. The second-order valence-corrected chi connectivity index (χ2v) is 5.04. The van der Waals surface area contributed by atoms with Crippen molar-refractivity contribution in [3.05, 3.63) is 46.5 Å². The third kappa shape index (κ3) is 4.49. The molecule has 1 aromatic carbocycles. The monoisotopic (exact) mass is 325 g/mol. The van der Waals surface area contributed by atoms with Gasteiger partial charge in [-0.1, -0.05) is 0 Å². The summed E-state index contributed by atoms with van der Waals surface area (Å²) in [6.45, 7) is 1.82. The quantitative estimate of drug-likeness (QED) is 0.850. The third-order valence-electron chi connectivity index (χ3n) is 2.44. The molecule has 0 atom stereocenters. The number of aromatic nitrogens is 1. The van der Waals surface area contributed by atoms with Crippen LogP contribution in [0.1, 0.15) is 10.7 Å². The highest BCUT2D eigenvalue weighted by Crippen LogP contribution is 2.24. The zero-order valence-electron chi connectivity index (χ0n) is 11.3. The summed E-state index contributed by atoms with van der Waals surface area (Å²) in [6, 6.07) is 7.22. The van der Waals surface area contributed by atoms with Crippen LogP contribution in [-0.4, -0.2) is 11.3 Å². The molecule has 2 rings (SSSR count). The molecule has 1 heterocycles. The maximum atomic E-state index is 12.0. The fraction of sp³-hybridized carbons (Fsp3) is 0.143. The molecule has 2 aromatic rings. The van der Waals surface area contributed by atoms with Gasteiger partial charge in [0.1, 0.15) is 22.4 Å². The molecule has 114 valence electrons. The Labute approximate surface area is 128 Å². The number of benzene rings is 1. The molecule has 0 aliphatic carbocycles. The Kier molecular flexibility index (Phi) is 4.68. The second-order valence-electron chi connectivity index (χ2n) is 4.18. The lowest BCUT2D eigenvalue weighted by Crippen LogP contribution is -2.16. The van der Waals surface area contributed by atoms with E-state index in [1.807, 2.05) is 18.4 Å². The molecule has 1 N–H and O–H groups in total. The summed E-state index contributed by atoms with van der Waals surface area (Å²) in [7, 11) is 0. The van der Waals surface area contributed by atoms with E-state index in [4.69, 9.17) is 5.26 Å². The lowest BCUT2D eigenvalue weighted by molar-refractivity contribution is -0.274. The number of nitrogens with one attached hydrogen (secondary N) is 1. The van der Waals surface area contributed by atoms with Gasteiger partial charge in [0.15, 0.2) is 0 Å². The number of nitriles is 1. The maximum absolute atomic E-state index is 12.0. The van der Waals surface area contributed by atoms with Crippen LogP contribution in [0, 0.1) is 18.3 Å². The molecule has 0 saturated carbocycles. The van der Waals surface area contributed by atoms with Crippen LogP contribution in [0.3, 0.4) is 0 Å². The number of anilines is 1. The van der Waals surface area contributed by atoms with E-state index in [1.54, 1.807) is 0 Å². The molecule has 0 unspecified atom stereocenters. The van der Waals surface area contributed by atoms with Gasteiger partial charge in [-0.3, -0.25) is 0 Å². The molecule has 0 radical (unpaired) electrons. The molecule has 0 spiro atoms. The standard InChI is InChI=1S/C14H10F3N3OS/c1-9-8-22-13(20-9)10(6-18)7-19-11-2-4-12(5-3-11)21-14(15,16)17/h2-5,7-8,19H,1H3/b10-7+. The highest BCUT2D eigenvalue weighted by Gasteiger charge is 2.30. The number of rotatable bonds is 4. The van der Waals surface area contributed by atoms with Crippen molar-refractivity contribution in [3.63, 3.8) is 0 Å². The van der Waals surface area contributed by atoms with E-state index in [0.29, 0.717) is 16.3 Å². The highest BCUT2D eigenvalue weighted by molar-refractivity contribution is 7.10. The van der Waals surface area contributed by atoms with E-state index < -0.39 is 6.36 Å². The van der Waals surface area contributed by atoms with Gasteiger partial charge in [-0.2, -0.15) is 5.26 Å². The van der Waals surface area contributed by atoms with E-state index in [0.717, 1.165) is 5.69 Å². The van der Waals surface area contributed by atoms with Crippen LogP contribution in [0.2, 0.25) is 0 Å². The van der Waals surface area contributed by atoms with Crippen molar-refractivity contribution in [1.82, 2.24) is 4.98 Å². The minimum Gasteiger partial charge on any atom is -0.406 e. The minimum absolute atomic E-state index is 0.307. The number of hydrogen-bond donors (Lipinski definition) is 1. The Balaban J connectivity index is 2.07. The van der Waals surface area contributed by atoms with Gasteiger partial charge >= 0.3 is 6.36 Å². The first-order valence-corrected chi connectivity index (χ1v) is 6.90. The van der Waals surface area contributed by atoms with Crippen LogP contribution in [0.15, 0.2) is 35.8 Å². The fourth-order valence-corrected chi connectivity index (χ4v) is 2.29. The summed E-state index contributed by atoms with van der Waals surface area (Å²) in [5, 5.41) is 14.3. The first-order valence-electron chi connectivity index (χ1n) is 6.02. The SMILES string of the molecule is Cc1csc(/C(C#N)=C/Nc2ccc(OC(F)(F)F)cc2)n1. The molecule has 0 aliphatic rings. The van der Waals surface area contributed by atoms with Crippen LogP contribution in [0.25, 0.3) is 5.57 Å². The van der Waals surface area contributed by atoms with E-state index in [9.17, 15) is 13.2 Å². The van der Waals surface area contributed by atoms with E-state index in [1.165, 1.54) is 41.8 Å². The Morgan fingerprint density at radius 2 is 2.05 bits per heavy atom. The van der Waals surface area contributed by atoms with Crippen molar-refractivity contribution in [2.24, 2.45) is 0 Å². The third-order valence-corrected chi connectivity index (χ3v) is 3.43. The summed E-state index contributed by atoms with van der Waals surface area (Å²) >= 11 is 1.34. The molecule has 8 heteroatoms. The zero-order valence-corrected chi connectivity index (χ0v) is 12.1. The van der Waals surface area contributed by atoms with Crippen molar-refractivity contribution < 1.29 is 17.9 Å². The van der Waals surface area contributed by atoms with Crippen molar-refractivity contribution in [1.29, 1.82) is 5.26 Å². The molecule has 0 saturated heterocycles. The lowest BCUT2D eigenvalue weighted by atomic mass is 10.3. The Morgan fingerprint density at radius 3 is 2.55 bits per heavy atom. The van der Waals surface area contributed by atoms with Crippen LogP contribution in [-0.2, 0) is 0 Å². The van der Waals surface area contributed by atoms with Gasteiger partial charge in [0, 0.05) is 23.0 Å². The Morgan fingerprint density at radius 1 is 1.36 bits per heavy atom. The van der Waals surface area contributed by atoms with Crippen molar-refractivity contribution in [3.8, 4) is 11.8 Å². The van der Waals surface area contributed by atoms with Crippen molar-refractivity contribution >= 4 is 22.6 Å². The number of nitrogens with zero attached hydrogens (tertiary/aromatic N) is 2. The summed E-state index contributed by atoms with van der Waals surface area (Å²) < 4.78 is 39.9. The second kappa shape index (κ2) is 6.49. The predicted octanol–water partition coefficient (Wildman–Crippen LogP) is 4.33. The molecule has 4 nitrogen and oxygen atoms in total. The topological polar surface area (TPSA) is 57.9 Å².